The Labute approximate surface area is 144 Å². The third kappa shape index (κ3) is 3.98. The number of rotatable bonds is 5. The number of likely N-dealkylation sites (N-methyl/N-ethyl adjacent to an activating group) is 1. The molecule has 2 amide bonds. The van der Waals surface area contributed by atoms with Crippen LogP contribution in [0.3, 0.4) is 0 Å². The topological polar surface area (TPSA) is 75.4 Å². The van der Waals surface area contributed by atoms with Crippen LogP contribution in [0, 0.1) is 12.7 Å². The highest BCUT2D eigenvalue weighted by molar-refractivity contribution is 7.18. The average molecular weight is 349 g/mol. The number of hydrogen-bond acceptors (Lipinski definition) is 4. The molecule has 7 heteroatoms. The van der Waals surface area contributed by atoms with Gasteiger partial charge in [-0.2, -0.15) is 0 Å². The number of aryl methyl sites for hydroxylation is 1. The molecule has 0 bridgehead atoms. The van der Waals surface area contributed by atoms with Crippen molar-refractivity contribution in [1.82, 2.24) is 4.90 Å². The normalized spacial score (nSPS) is 11.9. The van der Waals surface area contributed by atoms with E-state index in [1.54, 1.807) is 18.0 Å². The summed E-state index contributed by atoms with van der Waals surface area (Å²) in [5, 5.41) is 3.24. The van der Waals surface area contributed by atoms with Gasteiger partial charge in [-0.15, -0.1) is 11.3 Å². The number of nitrogens with one attached hydrogen (secondary N) is 1. The Kier molecular flexibility index (Phi) is 5.69. The van der Waals surface area contributed by atoms with Crippen molar-refractivity contribution in [1.29, 1.82) is 0 Å². The van der Waals surface area contributed by atoms with Crippen molar-refractivity contribution < 1.29 is 14.0 Å². The van der Waals surface area contributed by atoms with Gasteiger partial charge in [0, 0.05) is 25.2 Å². The Hall–Kier alpha value is -2.25. The van der Waals surface area contributed by atoms with Gasteiger partial charge in [0.1, 0.15) is 5.82 Å². The predicted octanol–water partition coefficient (Wildman–Crippen LogP) is 2.87. The minimum absolute atomic E-state index is 0.0793. The maximum absolute atomic E-state index is 13.2. The van der Waals surface area contributed by atoms with Crippen LogP contribution in [-0.4, -0.2) is 36.3 Å². The summed E-state index contributed by atoms with van der Waals surface area (Å²) in [6.45, 7) is 4.05. The van der Waals surface area contributed by atoms with Gasteiger partial charge in [-0.25, -0.2) is 4.39 Å². The molecule has 0 aliphatic rings. The predicted molar refractivity (Wildman–Crippen MR) is 94.0 cm³/mol. The molecule has 5 nitrogen and oxygen atoms in total. The van der Waals surface area contributed by atoms with Crippen LogP contribution in [-0.2, 0) is 0 Å². The van der Waals surface area contributed by atoms with E-state index in [-0.39, 0.29) is 17.5 Å². The highest BCUT2D eigenvalue weighted by Crippen LogP contribution is 2.28. The minimum atomic E-state index is -0.474. The fourth-order valence-electron chi connectivity index (χ4n) is 2.09. The first kappa shape index (κ1) is 18.1. The van der Waals surface area contributed by atoms with E-state index < -0.39 is 11.7 Å². The molecule has 1 unspecified atom stereocenters. The zero-order valence-corrected chi connectivity index (χ0v) is 14.6. The number of nitrogens with two attached hydrogens (primary N) is 1. The lowest BCUT2D eigenvalue weighted by Gasteiger charge is -2.23. The van der Waals surface area contributed by atoms with Gasteiger partial charge in [-0.3, -0.25) is 9.59 Å². The third-order valence-electron chi connectivity index (χ3n) is 3.76. The number of carbonyl (C=O) groups is 2. The summed E-state index contributed by atoms with van der Waals surface area (Å²) < 4.78 is 13.2. The van der Waals surface area contributed by atoms with Crippen LogP contribution in [0.25, 0.3) is 0 Å². The Bertz CT molecular complexity index is 760. The molecule has 1 aromatic carbocycles. The highest BCUT2D eigenvalue weighted by Gasteiger charge is 2.21. The molecule has 24 heavy (non-hydrogen) atoms. The highest BCUT2D eigenvalue weighted by atomic mass is 32.1. The summed E-state index contributed by atoms with van der Waals surface area (Å²) in [5.74, 6) is -1.03. The summed E-state index contributed by atoms with van der Waals surface area (Å²) in [6, 6.07) is 7.10. The average Bonchev–Trinajstić information content (AvgIpc) is 2.92. The van der Waals surface area contributed by atoms with Crippen molar-refractivity contribution in [2.24, 2.45) is 5.73 Å². The van der Waals surface area contributed by atoms with Gasteiger partial charge in [-0.05, 0) is 43.7 Å². The summed E-state index contributed by atoms with van der Waals surface area (Å²) in [5.41, 5.74) is 6.59. The van der Waals surface area contributed by atoms with Crippen LogP contribution in [0.15, 0.2) is 30.3 Å². The van der Waals surface area contributed by atoms with Crippen molar-refractivity contribution in [3.8, 4) is 0 Å². The SMILES string of the molecule is Cc1cc(NC(=O)c2cccc(F)c2)sc1C(=O)N(C)C(C)CN. The second-order valence-corrected chi connectivity index (χ2v) is 6.64. The second-order valence-electron chi connectivity index (χ2n) is 5.59. The molecule has 0 fully saturated rings. The van der Waals surface area contributed by atoms with E-state index in [9.17, 15) is 14.0 Å². The summed E-state index contributed by atoms with van der Waals surface area (Å²) >= 11 is 1.19. The van der Waals surface area contributed by atoms with E-state index >= 15 is 0 Å². The van der Waals surface area contributed by atoms with Crippen LogP contribution in [0.5, 0.6) is 0 Å². The van der Waals surface area contributed by atoms with E-state index in [4.69, 9.17) is 5.73 Å². The van der Waals surface area contributed by atoms with Crippen LogP contribution in [0.1, 0.15) is 32.5 Å². The van der Waals surface area contributed by atoms with Crippen LogP contribution in [0.2, 0.25) is 0 Å². The number of nitrogens with zero attached hydrogens (tertiary/aromatic N) is 1. The van der Waals surface area contributed by atoms with Crippen LogP contribution >= 0.6 is 11.3 Å². The maximum Gasteiger partial charge on any atom is 0.264 e. The van der Waals surface area contributed by atoms with Crippen molar-refractivity contribution in [3.63, 3.8) is 0 Å². The first-order chi connectivity index (χ1) is 11.3. The Morgan fingerprint density at radius 2 is 2.08 bits per heavy atom. The van der Waals surface area contributed by atoms with Crippen molar-refractivity contribution in [2.75, 3.05) is 18.9 Å². The molecule has 3 N–H and O–H groups in total. The molecular weight excluding hydrogens is 329 g/mol. The summed E-state index contributed by atoms with van der Waals surface area (Å²) in [6.07, 6.45) is 0. The second kappa shape index (κ2) is 7.55. The zero-order chi connectivity index (χ0) is 17.9. The minimum Gasteiger partial charge on any atom is -0.337 e. The van der Waals surface area contributed by atoms with E-state index in [0.717, 1.165) is 5.56 Å². The molecule has 1 atom stereocenters. The number of hydrogen-bond donors (Lipinski definition) is 2. The molecule has 1 heterocycles. The molecular formula is C17H20FN3O2S. The lowest BCUT2D eigenvalue weighted by molar-refractivity contribution is 0.0752. The number of amides is 2. The largest absolute Gasteiger partial charge is 0.337 e. The van der Waals surface area contributed by atoms with Gasteiger partial charge in [-0.1, -0.05) is 6.07 Å². The van der Waals surface area contributed by atoms with Gasteiger partial charge in [0.15, 0.2) is 0 Å². The first-order valence-electron chi connectivity index (χ1n) is 7.48. The Morgan fingerprint density at radius 1 is 1.38 bits per heavy atom. The lowest BCUT2D eigenvalue weighted by atomic mass is 10.2. The van der Waals surface area contributed by atoms with E-state index in [2.05, 4.69) is 5.32 Å². The number of halogens is 1. The molecule has 128 valence electrons. The van der Waals surface area contributed by atoms with Crippen molar-refractivity contribution in [3.05, 3.63) is 52.2 Å². The molecule has 0 radical (unpaired) electrons. The summed E-state index contributed by atoms with van der Waals surface area (Å²) in [4.78, 5) is 26.8. The van der Waals surface area contributed by atoms with Gasteiger partial charge < -0.3 is 16.0 Å². The van der Waals surface area contributed by atoms with Crippen LogP contribution in [0.4, 0.5) is 9.39 Å². The number of anilines is 1. The number of thiophene rings is 1. The zero-order valence-electron chi connectivity index (χ0n) is 13.8. The quantitative estimate of drug-likeness (QED) is 0.871. The maximum atomic E-state index is 13.2. The van der Waals surface area contributed by atoms with E-state index in [1.165, 1.54) is 35.6 Å². The molecule has 0 aliphatic heterocycles. The lowest BCUT2D eigenvalue weighted by Crippen LogP contribution is -2.39. The first-order valence-corrected chi connectivity index (χ1v) is 8.29. The molecule has 0 saturated carbocycles. The molecule has 1 aromatic heterocycles. The van der Waals surface area contributed by atoms with Crippen molar-refractivity contribution in [2.45, 2.75) is 19.9 Å². The smallest absolute Gasteiger partial charge is 0.264 e. The van der Waals surface area contributed by atoms with Crippen molar-refractivity contribution >= 4 is 28.2 Å². The standard InChI is InChI=1S/C17H20FN3O2S/c1-10-7-14(20-16(22)12-5-4-6-13(18)8-12)24-15(10)17(23)21(3)11(2)9-19/h4-8,11H,9,19H2,1-3H3,(H,20,22). The van der Waals surface area contributed by atoms with E-state index in [1.807, 2.05) is 13.8 Å². The Balaban J connectivity index is 2.17. The number of carbonyl (C=O) groups excluding carboxylic acids is 2. The summed E-state index contributed by atoms with van der Waals surface area (Å²) in [7, 11) is 1.70. The third-order valence-corrected chi connectivity index (χ3v) is 4.90. The molecule has 2 aromatic rings. The monoisotopic (exact) mass is 349 g/mol. The molecule has 0 saturated heterocycles. The molecule has 2 rings (SSSR count). The van der Waals surface area contributed by atoms with Gasteiger partial charge in [0.05, 0.1) is 9.88 Å². The van der Waals surface area contributed by atoms with Gasteiger partial charge in [0.25, 0.3) is 11.8 Å². The van der Waals surface area contributed by atoms with E-state index in [0.29, 0.717) is 16.4 Å². The molecule has 0 spiro atoms. The Morgan fingerprint density at radius 3 is 2.71 bits per heavy atom. The van der Waals surface area contributed by atoms with Gasteiger partial charge >= 0.3 is 0 Å². The van der Waals surface area contributed by atoms with Gasteiger partial charge in [0.2, 0.25) is 0 Å². The number of benzene rings is 1. The van der Waals surface area contributed by atoms with Crippen LogP contribution < -0.4 is 11.1 Å². The molecule has 0 aliphatic carbocycles. The fraction of sp³-hybridized carbons (Fsp3) is 0.294. The fourth-order valence-corrected chi connectivity index (χ4v) is 3.14.